The van der Waals surface area contributed by atoms with Gasteiger partial charge in [-0.3, -0.25) is 9.59 Å². The molecule has 0 aromatic heterocycles. The van der Waals surface area contributed by atoms with Crippen molar-refractivity contribution in [2.45, 2.75) is 51.0 Å². The summed E-state index contributed by atoms with van der Waals surface area (Å²) in [5.41, 5.74) is 1.36. The molecule has 2 rings (SSSR count). The molecule has 21 heavy (non-hydrogen) atoms. The Balaban J connectivity index is 1.81. The maximum absolute atomic E-state index is 12.1. The molecule has 0 aliphatic heterocycles. The fourth-order valence-electron chi connectivity index (χ4n) is 3.09. The van der Waals surface area contributed by atoms with E-state index in [9.17, 15) is 9.59 Å². The molecule has 1 saturated carbocycles. The van der Waals surface area contributed by atoms with E-state index < -0.39 is 5.97 Å². The molecule has 0 spiro atoms. The number of amides is 1. The van der Waals surface area contributed by atoms with Gasteiger partial charge in [-0.1, -0.05) is 30.3 Å². The lowest BCUT2D eigenvalue weighted by Gasteiger charge is -2.28. The van der Waals surface area contributed by atoms with Gasteiger partial charge in [0, 0.05) is 12.0 Å². The van der Waals surface area contributed by atoms with E-state index in [0.717, 1.165) is 25.7 Å². The van der Waals surface area contributed by atoms with Crippen molar-refractivity contribution in [2.24, 2.45) is 5.92 Å². The van der Waals surface area contributed by atoms with Gasteiger partial charge in [-0.2, -0.15) is 0 Å². The molecular weight excluding hydrogens is 266 g/mol. The van der Waals surface area contributed by atoms with Gasteiger partial charge in [0.15, 0.2) is 0 Å². The Morgan fingerprint density at radius 1 is 1.19 bits per heavy atom. The van der Waals surface area contributed by atoms with Crippen molar-refractivity contribution >= 4 is 11.9 Å². The van der Waals surface area contributed by atoms with Crippen molar-refractivity contribution in [2.75, 3.05) is 0 Å². The van der Waals surface area contributed by atoms with Crippen LogP contribution in [0.2, 0.25) is 0 Å². The van der Waals surface area contributed by atoms with Crippen LogP contribution in [0.15, 0.2) is 30.3 Å². The third kappa shape index (κ3) is 4.59. The average Bonchev–Trinajstić information content (AvgIpc) is 2.47. The summed E-state index contributed by atoms with van der Waals surface area (Å²) < 4.78 is 0. The van der Waals surface area contributed by atoms with Crippen LogP contribution in [0.4, 0.5) is 0 Å². The average molecular weight is 289 g/mol. The molecule has 114 valence electrons. The molecule has 1 aliphatic carbocycles. The molecule has 0 saturated heterocycles. The Kier molecular flexibility index (Phi) is 5.37. The highest BCUT2D eigenvalue weighted by molar-refractivity contribution is 5.79. The van der Waals surface area contributed by atoms with E-state index in [1.807, 2.05) is 6.07 Å². The fraction of sp³-hybridized carbons (Fsp3) is 0.529. The summed E-state index contributed by atoms with van der Waals surface area (Å²) in [7, 11) is 0. The van der Waals surface area contributed by atoms with Gasteiger partial charge in [0.2, 0.25) is 5.91 Å². The van der Waals surface area contributed by atoms with Gasteiger partial charge >= 0.3 is 5.97 Å². The predicted molar refractivity (Wildman–Crippen MR) is 81.0 cm³/mol. The van der Waals surface area contributed by atoms with Gasteiger partial charge < -0.3 is 10.4 Å². The van der Waals surface area contributed by atoms with E-state index in [0.29, 0.717) is 5.92 Å². The van der Waals surface area contributed by atoms with Crippen molar-refractivity contribution in [1.82, 2.24) is 5.32 Å². The quantitative estimate of drug-likeness (QED) is 0.875. The van der Waals surface area contributed by atoms with E-state index in [-0.39, 0.29) is 24.3 Å². The van der Waals surface area contributed by atoms with Crippen molar-refractivity contribution in [3.05, 3.63) is 35.9 Å². The number of carboxylic acids is 1. The summed E-state index contributed by atoms with van der Waals surface area (Å²) in [4.78, 5) is 22.7. The van der Waals surface area contributed by atoms with Crippen molar-refractivity contribution < 1.29 is 14.7 Å². The van der Waals surface area contributed by atoms with Crippen molar-refractivity contribution in [3.63, 3.8) is 0 Å². The van der Waals surface area contributed by atoms with Gasteiger partial charge in [0.05, 0.1) is 6.42 Å². The van der Waals surface area contributed by atoms with Gasteiger partial charge in [-0.25, -0.2) is 0 Å². The zero-order chi connectivity index (χ0) is 15.2. The van der Waals surface area contributed by atoms with Gasteiger partial charge in [-0.15, -0.1) is 0 Å². The zero-order valence-corrected chi connectivity index (χ0v) is 12.4. The number of carbonyl (C=O) groups excluding carboxylic acids is 1. The molecule has 1 aliphatic rings. The number of nitrogens with one attached hydrogen (secondary N) is 1. The summed E-state index contributed by atoms with van der Waals surface area (Å²) in [6, 6.07) is 10.1. The molecule has 4 nitrogen and oxygen atoms in total. The molecule has 2 N–H and O–H groups in total. The molecule has 1 unspecified atom stereocenters. The Bertz CT molecular complexity index is 478. The van der Waals surface area contributed by atoms with Gasteiger partial charge in [-0.05, 0) is 44.1 Å². The van der Waals surface area contributed by atoms with Crippen LogP contribution in [0.25, 0.3) is 0 Å². The Labute approximate surface area is 125 Å². The third-order valence-electron chi connectivity index (χ3n) is 4.24. The minimum Gasteiger partial charge on any atom is -0.481 e. The number of carboxylic acid groups (broad SMARTS) is 1. The first-order chi connectivity index (χ1) is 10.1. The Hall–Kier alpha value is -1.84. The third-order valence-corrected chi connectivity index (χ3v) is 4.24. The lowest BCUT2D eigenvalue weighted by atomic mass is 9.78. The number of rotatable bonds is 5. The lowest BCUT2D eigenvalue weighted by Crippen LogP contribution is -2.39. The van der Waals surface area contributed by atoms with Crippen LogP contribution < -0.4 is 5.32 Å². The van der Waals surface area contributed by atoms with Crippen LogP contribution in [0.1, 0.15) is 50.5 Å². The maximum atomic E-state index is 12.1. The number of carbonyl (C=O) groups is 2. The van der Waals surface area contributed by atoms with E-state index in [4.69, 9.17) is 5.11 Å². The minimum atomic E-state index is -0.879. The predicted octanol–water partition coefficient (Wildman–Crippen LogP) is 2.94. The van der Waals surface area contributed by atoms with Gasteiger partial charge in [0.1, 0.15) is 0 Å². The number of hydrogen-bond acceptors (Lipinski definition) is 2. The topological polar surface area (TPSA) is 66.4 Å². The highest BCUT2D eigenvalue weighted by Crippen LogP contribution is 2.35. The fourth-order valence-corrected chi connectivity index (χ4v) is 3.09. The van der Waals surface area contributed by atoms with E-state index in [1.54, 1.807) is 6.92 Å². The Morgan fingerprint density at radius 2 is 1.81 bits per heavy atom. The second-order valence-electron chi connectivity index (χ2n) is 5.97. The standard InChI is InChI=1S/C17H23NO3/c1-12(11-16(19)20)18-17(21)15-9-7-14(8-10-15)13-5-3-2-4-6-13/h2-6,12,14-15H,7-11H2,1H3,(H,18,21)(H,19,20). The number of hydrogen-bond donors (Lipinski definition) is 2. The lowest BCUT2D eigenvalue weighted by molar-refractivity contribution is -0.137. The molecule has 0 bridgehead atoms. The van der Waals surface area contributed by atoms with Crippen LogP contribution in [0.3, 0.4) is 0 Å². The number of benzene rings is 1. The van der Waals surface area contributed by atoms with Crippen molar-refractivity contribution in [3.8, 4) is 0 Å². The molecule has 1 aromatic rings. The van der Waals surface area contributed by atoms with Crippen LogP contribution in [0, 0.1) is 5.92 Å². The first-order valence-corrected chi connectivity index (χ1v) is 7.63. The SMILES string of the molecule is CC(CC(=O)O)NC(=O)C1CCC(c2ccccc2)CC1. The number of aliphatic carboxylic acids is 1. The van der Waals surface area contributed by atoms with Crippen molar-refractivity contribution in [1.29, 1.82) is 0 Å². The zero-order valence-electron chi connectivity index (χ0n) is 12.4. The highest BCUT2D eigenvalue weighted by Gasteiger charge is 2.27. The van der Waals surface area contributed by atoms with E-state index in [1.165, 1.54) is 5.56 Å². The molecule has 1 amide bonds. The first kappa shape index (κ1) is 15.5. The largest absolute Gasteiger partial charge is 0.481 e. The Morgan fingerprint density at radius 3 is 2.38 bits per heavy atom. The minimum absolute atomic E-state index is 0.00950. The van der Waals surface area contributed by atoms with Crippen LogP contribution in [-0.2, 0) is 9.59 Å². The van der Waals surface area contributed by atoms with Gasteiger partial charge in [0.25, 0.3) is 0 Å². The molecule has 1 fully saturated rings. The van der Waals surface area contributed by atoms with E-state index in [2.05, 4.69) is 29.6 Å². The summed E-state index contributed by atoms with van der Waals surface area (Å²) in [6.45, 7) is 1.74. The molecular formula is C17H23NO3. The van der Waals surface area contributed by atoms with Crippen LogP contribution in [-0.4, -0.2) is 23.0 Å². The first-order valence-electron chi connectivity index (χ1n) is 7.63. The normalized spacial score (nSPS) is 23.3. The molecule has 4 heteroatoms. The molecule has 0 radical (unpaired) electrons. The van der Waals surface area contributed by atoms with E-state index >= 15 is 0 Å². The second kappa shape index (κ2) is 7.25. The smallest absolute Gasteiger partial charge is 0.305 e. The monoisotopic (exact) mass is 289 g/mol. The summed E-state index contributed by atoms with van der Waals surface area (Å²) >= 11 is 0. The summed E-state index contributed by atoms with van der Waals surface area (Å²) in [5.74, 6) is -0.293. The van der Waals surface area contributed by atoms with Crippen LogP contribution >= 0.6 is 0 Å². The highest BCUT2D eigenvalue weighted by atomic mass is 16.4. The van der Waals surface area contributed by atoms with Crippen LogP contribution in [0.5, 0.6) is 0 Å². The molecule has 0 heterocycles. The maximum Gasteiger partial charge on any atom is 0.305 e. The summed E-state index contributed by atoms with van der Waals surface area (Å²) in [5, 5.41) is 11.5. The molecule has 1 aromatic carbocycles. The molecule has 1 atom stereocenters. The summed E-state index contributed by atoms with van der Waals surface area (Å²) in [6.07, 6.45) is 3.78. The second-order valence-corrected chi connectivity index (χ2v) is 5.97.